The van der Waals surface area contributed by atoms with Crippen LogP contribution in [0.2, 0.25) is 0 Å². The van der Waals surface area contributed by atoms with Crippen molar-refractivity contribution in [2.45, 2.75) is 51.2 Å². The number of halogens is 1. The van der Waals surface area contributed by atoms with Crippen LogP contribution in [0.3, 0.4) is 0 Å². The average molecular weight is 421 g/mol. The van der Waals surface area contributed by atoms with Crippen LogP contribution in [0.1, 0.15) is 38.2 Å². The highest BCUT2D eigenvalue weighted by atomic mass is 35.5. The average Bonchev–Trinajstić information content (AvgIpc) is 2.72. The van der Waals surface area contributed by atoms with Crippen LogP contribution in [0.15, 0.2) is 36.4 Å². The molecule has 1 aliphatic carbocycles. The van der Waals surface area contributed by atoms with Crippen molar-refractivity contribution in [3.8, 4) is 5.75 Å². The van der Waals surface area contributed by atoms with E-state index in [1.165, 1.54) is 10.8 Å². The van der Waals surface area contributed by atoms with E-state index in [0.29, 0.717) is 13.0 Å². The number of benzene rings is 2. The Labute approximate surface area is 179 Å². The lowest BCUT2D eigenvalue weighted by Crippen LogP contribution is -2.46. The predicted molar refractivity (Wildman–Crippen MR) is 120 cm³/mol. The summed E-state index contributed by atoms with van der Waals surface area (Å²) in [6.07, 6.45) is 4.20. The maximum atomic E-state index is 12.6. The molecule has 2 aromatic carbocycles. The molecule has 0 aromatic heterocycles. The van der Waals surface area contributed by atoms with Gasteiger partial charge in [0.2, 0.25) is 5.91 Å². The number of hydrogen-bond acceptors (Lipinski definition) is 4. The standard InChI is InChI=1S/C23H32N2O3.ClH/c1-3-14-28-22-11-9-17(15-20(22)24)23(26)25-13-12-19-18-7-5-4-6-16(18)8-10-21(19)27-2;/h4-8,10,17,20,22H,3,9,11-15,24H2,1-2H3,(H,25,26);1H/t17-,20+,22+;/m0./s1. The van der Waals surface area contributed by atoms with Gasteiger partial charge in [0, 0.05) is 30.7 Å². The van der Waals surface area contributed by atoms with E-state index in [1.54, 1.807) is 7.11 Å². The molecular weight excluding hydrogens is 388 g/mol. The van der Waals surface area contributed by atoms with Gasteiger partial charge in [0.1, 0.15) is 5.75 Å². The van der Waals surface area contributed by atoms with Crippen molar-refractivity contribution >= 4 is 29.1 Å². The van der Waals surface area contributed by atoms with Gasteiger partial charge < -0.3 is 20.5 Å². The summed E-state index contributed by atoms with van der Waals surface area (Å²) in [5.74, 6) is 0.943. The number of carbonyl (C=O) groups excluding carboxylic acids is 1. The number of nitrogens with two attached hydrogens (primary N) is 1. The molecule has 0 aliphatic heterocycles. The van der Waals surface area contributed by atoms with Gasteiger partial charge in [-0.05, 0) is 48.9 Å². The van der Waals surface area contributed by atoms with E-state index in [-0.39, 0.29) is 36.4 Å². The Morgan fingerprint density at radius 3 is 2.72 bits per heavy atom. The summed E-state index contributed by atoms with van der Waals surface area (Å²) in [5.41, 5.74) is 7.38. The van der Waals surface area contributed by atoms with Gasteiger partial charge in [-0.2, -0.15) is 0 Å². The van der Waals surface area contributed by atoms with E-state index in [4.69, 9.17) is 15.2 Å². The van der Waals surface area contributed by atoms with Crippen LogP contribution in [-0.4, -0.2) is 38.3 Å². The van der Waals surface area contributed by atoms with E-state index in [1.807, 2.05) is 18.2 Å². The van der Waals surface area contributed by atoms with Crippen LogP contribution in [-0.2, 0) is 16.0 Å². The molecule has 0 bridgehead atoms. The maximum absolute atomic E-state index is 12.6. The lowest BCUT2D eigenvalue weighted by atomic mass is 9.83. The largest absolute Gasteiger partial charge is 0.496 e. The molecule has 0 spiro atoms. The summed E-state index contributed by atoms with van der Waals surface area (Å²) < 4.78 is 11.3. The topological polar surface area (TPSA) is 73.6 Å². The van der Waals surface area contributed by atoms with Crippen molar-refractivity contribution in [1.29, 1.82) is 0 Å². The molecule has 0 radical (unpaired) electrons. The summed E-state index contributed by atoms with van der Waals surface area (Å²) in [5, 5.41) is 5.46. The highest BCUT2D eigenvalue weighted by Gasteiger charge is 2.32. The molecule has 29 heavy (non-hydrogen) atoms. The fourth-order valence-corrected chi connectivity index (χ4v) is 4.11. The van der Waals surface area contributed by atoms with Crippen molar-refractivity contribution in [3.63, 3.8) is 0 Å². The quantitative estimate of drug-likeness (QED) is 0.680. The van der Waals surface area contributed by atoms with Gasteiger partial charge in [-0.3, -0.25) is 4.79 Å². The Hall–Kier alpha value is -1.82. The summed E-state index contributed by atoms with van der Waals surface area (Å²) in [6, 6.07) is 12.3. The molecule has 0 saturated heterocycles. The molecule has 160 valence electrons. The molecule has 2 aromatic rings. The number of methoxy groups -OCH3 is 1. The minimum absolute atomic E-state index is 0. The molecule has 5 nitrogen and oxygen atoms in total. The molecule has 6 heteroatoms. The Morgan fingerprint density at radius 1 is 1.21 bits per heavy atom. The third kappa shape index (κ3) is 5.84. The first-order chi connectivity index (χ1) is 13.6. The molecule has 0 unspecified atom stereocenters. The Bertz CT molecular complexity index is 799. The van der Waals surface area contributed by atoms with Crippen LogP contribution >= 0.6 is 12.4 Å². The number of rotatable bonds is 8. The van der Waals surface area contributed by atoms with E-state index in [9.17, 15) is 4.79 Å². The minimum atomic E-state index is -0.0609. The highest BCUT2D eigenvalue weighted by molar-refractivity contribution is 5.88. The maximum Gasteiger partial charge on any atom is 0.223 e. The SMILES string of the molecule is CCCO[C@@H]1CC[C@H](C(=O)NCCc2c(OC)ccc3ccccc23)C[C@H]1N.Cl. The van der Waals surface area contributed by atoms with Crippen LogP contribution < -0.4 is 15.8 Å². The minimum Gasteiger partial charge on any atom is -0.496 e. The van der Waals surface area contributed by atoms with Gasteiger partial charge in [-0.15, -0.1) is 12.4 Å². The van der Waals surface area contributed by atoms with Crippen molar-refractivity contribution in [1.82, 2.24) is 5.32 Å². The van der Waals surface area contributed by atoms with Crippen LogP contribution in [0, 0.1) is 5.92 Å². The molecule has 3 N–H and O–H groups in total. The Kier molecular flexibility index (Phi) is 9.21. The highest BCUT2D eigenvalue weighted by Crippen LogP contribution is 2.29. The summed E-state index contributed by atoms with van der Waals surface area (Å²) >= 11 is 0. The van der Waals surface area contributed by atoms with E-state index in [2.05, 4.69) is 30.4 Å². The van der Waals surface area contributed by atoms with Crippen LogP contribution in [0.5, 0.6) is 5.75 Å². The molecule has 1 amide bonds. The number of carbonyl (C=O) groups is 1. The van der Waals surface area contributed by atoms with Crippen molar-refractivity contribution < 1.29 is 14.3 Å². The van der Waals surface area contributed by atoms with Gasteiger partial charge in [-0.1, -0.05) is 37.3 Å². The summed E-state index contributed by atoms with van der Waals surface area (Å²) in [6.45, 7) is 3.42. The zero-order valence-corrected chi connectivity index (χ0v) is 18.2. The monoisotopic (exact) mass is 420 g/mol. The summed E-state index contributed by atoms with van der Waals surface area (Å²) in [4.78, 5) is 12.6. The van der Waals surface area contributed by atoms with Crippen molar-refractivity contribution in [2.24, 2.45) is 11.7 Å². The molecule has 3 rings (SSSR count). The zero-order valence-electron chi connectivity index (χ0n) is 17.4. The fraction of sp³-hybridized carbons (Fsp3) is 0.522. The number of hydrogen-bond donors (Lipinski definition) is 2. The van der Waals surface area contributed by atoms with Gasteiger partial charge in [0.25, 0.3) is 0 Å². The van der Waals surface area contributed by atoms with E-state index in [0.717, 1.165) is 43.6 Å². The Morgan fingerprint density at radius 2 is 2.00 bits per heavy atom. The number of nitrogens with one attached hydrogen (secondary N) is 1. The first kappa shape index (κ1) is 23.5. The number of ether oxygens (including phenoxy) is 2. The van der Waals surface area contributed by atoms with Gasteiger partial charge in [-0.25, -0.2) is 0 Å². The van der Waals surface area contributed by atoms with Crippen molar-refractivity contribution in [3.05, 3.63) is 42.0 Å². The lowest BCUT2D eigenvalue weighted by molar-refractivity contribution is -0.127. The molecule has 1 fully saturated rings. The van der Waals surface area contributed by atoms with Crippen molar-refractivity contribution in [2.75, 3.05) is 20.3 Å². The molecule has 0 heterocycles. The number of fused-ring (bicyclic) bond motifs is 1. The first-order valence-corrected chi connectivity index (χ1v) is 10.3. The lowest BCUT2D eigenvalue weighted by Gasteiger charge is -2.33. The van der Waals surface area contributed by atoms with Gasteiger partial charge >= 0.3 is 0 Å². The molecule has 3 atom stereocenters. The molecule has 1 aliphatic rings. The fourth-order valence-electron chi connectivity index (χ4n) is 4.11. The summed E-state index contributed by atoms with van der Waals surface area (Å²) in [7, 11) is 1.69. The van der Waals surface area contributed by atoms with Crippen LogP contribution in [0.4, 0.5) is 0 Å². The normalized spacial score (nSPS) is 21.4. The molecule has 1 saturated carbocycles. The smallest absolute Gasteiger partial charge is 0.223 e. The van der Waals surface area contributed by atoms with E-state index >= 15 is 0 Å². The molecular formula is C23H33ClN2O3. The second kappa shape index (κ2) is 11.4. The van der Waals surface area contributed by atoms with Crippen LogP contribution in [0.25, 0.3) is 10.8 Å². The predicted octanol–water partition coefficient (Wildman–Crippen LogP) is 3.85. The van der Waals surface area contributed by atoms with Gasteiger partial charge in [0.05, 0.1) is 13.2 Å². The number of amides is 1. The zero-order chi connectivity index (χ0) is 19.9. The first-order valence-electron chi connectivity index (χ1n) is 10.3. The third-order valence-electron chi connectivity index (χ3n) is 5.63. The van der Waals surface area contributed by atoms with E-state index < -0.39 is 0 Å². The Balaban J connectivity index is 0.00000300. The third-order valence-corrected chi connectivity index (χ3v) is 5.63. The second-order valence-electron chi connectivity index (χ2n) is 7.59. The van der Waals surface area contributed by atoms with Gasteiger partial charge in [0.15, 0.2) is 0 Å². The second-order valence-corrected chi connectivity index (χ2v) is 7.59.